The summed E-state index contributed by atoms with van der Waals surface area (Å²) in [7, 11) is 0. The highest BCUT2D eigenvalue weighted by Crippen LogP contribution is 1.72. The quantitative estimate of drug-likeness (QED) is 0.513. The monoisotopic (exact) mass is 98.1 g/mol. The smallest absolute Gasteiger partial charge is 0.0615 e. The zero-order chi connectivity index (χ0) is 5.54. The van der Waals surface area contributed by atoms with E-state index in [9.17, 15) is 0 Å². The van der Waals surface area contributed by atoms with Crippen LogP contribution in [-0.2, 0) is 0 Å². The molecule has 0 saturated heterocycles. The minimum absolute atomic E-state index is 0.129. The molecule has 0 atom stereocenters. The first-order valence-corrected chi connectivity index (χ1v) is 2.30. The first kappa shape index (κ1) is 6.44. The van der Waals surface area contributed by atoms with Crippen molar-refractivity contribution in [1.29, 1.82) is 0 Å². The van der Waals surface area contributed by atoms with E-state index in [2.05, 4.69) is 0 Å². The molecule has 0 aliphatic carbocycles. The van der Waals surface area contributed by atoms with Crippen LogP contribution in [0.15, 0.2) is 24.3 Å². The van der Waals surface area contributed by atoms with Gasteiger partial charge >= 0.3 is 0 Å². The van der Waals surface area contributed by atoms with Gasteiger partial charge in [-0.25, -0.2) is 0 Å². The molecule has 1 N–H and O–H groups in total. The second-order valence-corrected chi connectivity index (χ2v) is 1.14. The summed E-state index contributed by atoms with van der Waals surface area (Å²) in [6.07, 6.45) is 7.27. The molecule has 0 aromatic carbocycles. The number of hydrogen-bond acceptors (Lipinski definition) is 1. The van der Waals surface area contributed by atoms with Crippen molar-refractivity contribution in [3.05, 3.63) is 24.3 Å². The molecule has 0 rings (SSSR count). The Kier molecular flexibility index (Phi) is 5.00. The minimum atomic E-state index is 0.129. The van der Waals surface area contributed by atoms with E-state index in [-0.39, 0.29) is 6.61 Å². The van der Waals surface area contributed by atoms with E-state index in [1.54, 1.807) is 12.2 Å². The number of aliphatic hydroxyl groups is 1. The Balaban J connectivity index is 3.09. The Labute approximate surface area is 44.0 Å². The van der Waals surface area contributed by atoms with Crippen molar-refractivity contribution >= 4 is 0 Å². The molecular weight excluding hydrogens is 88.1 g/mol. The standard InChI is InChI=1S/C6H10O/c1-2-3-4-5-6-7/h2-5,7H,6H2,1H3/b3-2+,5-4+. The lowest BCUT2D eigenvalue weighted by atomic mass is 10.4. The Hall–Kier alpha value is -0.560. The first-order valence-electron chi connectivity index (χ1n) is 2.30. The molecule has 0 fully saturated rings. The molecule has 0 radical (unpaired) electrons. The SMILES string of the molecule is C/C=C/C=C/CO. The van der Waals surface area contributed by atoms with Crippen LogP contribution < -0.4 is 0 Å². The van der Waals surface area contributed by atoms with Crippen LogP contribution in [0.1, 0.15) is 6.92 Å². The van der Waals surface area contributed by atoms with Crippen LogP contribution in [0.4, 0.5) is 0 Å². The van der Waals surface area contributed by atoms with E-state index in [4.69, 9.17) is 5.11 Å². The van der Waals surface area contributed by atoms with Crippen LogP contribution in [0.25, 0.3) is 0 Å². The van der Waals surface area contributed by atoms with Crippen LogP contribution in [-0.4, -0.2) is 11.7 Å². The Morgan fingerprint density at radius 3 is 2.57 bits per heavy atom. The fourth-order valence-corrected chi connectivity index (χ4v) is 0.251. The molecule has 0 spiro atoms. The predicted molar refractivity (Wildman–Crippen MR) is 31.0 cm³/mol. The molecule has 0 bridgehead atoms. The van der Waals surface area contributed by atoms with Gasteiger partial charge in [0.05, 0.1) is 6.61 Å². The van der Waals surface area contributed by atoms with Crippen molar-refractivity contribution in [2.24, 2.45) is 0 Å². The average molecular weight is 98.1 g/mol. The topological polar surface area (TPSA) is 20.2 Å². The molecule has 40 valence electrons. The Morgan fingerprint density at radius 1 is 1.43 bits per heavy atom. The van der Waals surface area contributed by atoms with Crippen LogP contribution >= 0.6 is 0 Å². The average Bonchev–Trinajstić information content (AvgIpc) is 1.69. The van der Waals surface area contributed by atoms with Crippen molar-refractivity contribution in [2.45, 2.75) is 6.92 Å². The van der Waals surface area contributed by atoms with Gasteiger partial charge in [-0.15, -0.1) is 0 Å². The molecule has 0 heterocycles. The maximum Gasteiger partial charge on any atom is 0.0615 e. The lowest BCUT2D eigenvalue weighted by Gasteiger charge is -1.70. The summed E-state index contributed by atoms with van der Waals surface area (Å²) >= 11 is 0. The van der Waals surface area contributed by atoms with E-state index in [0.29, 0.717) is 0 Å². The van der Waals surface area contributed by atoms with Crippen LogP contribution in [0, 0.1) is 0 Å². The summed E-state index contributed by atoms with van der Waals surface area (Å²) < 4.78 is 0. The van der Waals surface area contributed by atoms with Crippen molar-refractivity contribution in [3.63, 3.8) is 0 Å². The summed E-state index contributed by atoms with van der Waals surface area (Å²) in [6.45, 7) is 2.06. The van der Waals surface area contributed by atoms with E-state index in [0.717, 1.165) is 0 Å². The molecule has 1 nitrogen and oxygen atoms in total. The first-order chi connectivity index (χ1) is 3.41. The lowest BCUT2D eigenvalue weighted by molar-refractivity contribution is 0.343. The van der Waals surface area contributed by atoms with Crippen molar-refractivity contribution < 1.29 is 5.11 Å². The highest BCUT2D eigenvalue weighted by molar-refractivity contribution is 5.00. The van der Waals surface area contributed by atoms with Gasteiger partial charge in [-0.05, 0) is 6.92 Å². The van der Waals surface area contributed by atoms with Crippen LogP contribution in [0.5, 0.6) is 0 Å². The third-order valence-corrected chi connectivity index (χ3v) is 0.545. The summed E-state index contributed by atoms with van der Waals surface area (Å²) in [6, 6.07) is 0. The number of hydrogen-bond donors (Lipinski definition) is 1. The largest absolute Gasteiger partial charge is 0.392 e. The van der Waals surface area contributed by atoms with Crippen LogP contribution in [0.3, 0.4) is 0 Å². The second-order valence-electron chi connectivity index (χ2n) is 1.14. The van der Waals surface area contributed by atoms with Gasteiger partial charge in [0.2, 0.25) is 0 Å². The van der Waals surface area contributed by atoms with E-state index < -0.39 is 0 Å². The van der Waals surface area contributed by atoms with Gasteiger partial charge in [0.1, 0.15) is 0 Å². The van der Waals surface area contributed by atoms with Gasteiger partial charge in [0.15, 0.2) is 0 Å². The molecule has 0 aliphatic heterocycles. The Bertz CT molecular complexity index is 72.2. The fourth-order valence-electron chi connectivity index (χ4n) is 0.251. The highest BCUT2D eigenvalue weighted by atomic mass is 16.2. The van der Waals surface area contributed by atoms with Gasteiger partial charge in [-0.1, -0.05) is 24.3 Å². The summed E-state index contributed by atoms with van der Waals surface area (Å²) in [5.41, 5.74) is 0. The lowest BCUT2D eigenvalue weighted by Crippen LogP contribution is -1.66. The Morgan fingerprint density at radius 2 is 2.14 bits per heavy atom. The molecule has 0 aromatic rings. The number of rotatable bonds is 2. The van der Waals surface area contributed by atoms with Gasteiger partial charge in [-0.2, -0.15) is 0 Å². The predicted octanol–water partition coefficient (Wildman–Crippen LogP) is 1.11. The van der Waals surface area contributed by atoms with Crippen molar-refractivity contribution in [1.82, 2.24) is 0 Å². The fraction of sp³-hybridized carbons (Fsp3) is 0.333. The molecule has 0 unspecified atom stereocenters. The third kappa shape index (κ3) is 5.44. The van der Waals surface area contributed by atoms with Gasteiger partial charge in [0, 0.05) is 0 Å². The normalized spacial score (nSPS) is 11.7. The number of aliphatic hydroxyl groups excluding tert-OH is 1. The minimum Gasteiger partial charge on any atom is -0.392 e. The van der Waals surface area contributed by atoms with Crippen LogP contribution in [0.2, 0.25) is 0 Å². The van der Waals surface area contributed by atoms with Gasteiger partial charge in [0.25, 0.3) is 0 Å². The maximum atomic E-state index is 8.17. The summed E-state index contributed by atoms with van der Waals surface area (Å²) in [4.78, 5) is 0. The van der Waals surface area contributed by atoms with E-state index in [1.165, 1.54) is 0 Å². The molecule has 7 heavy (non-hydrogen) atoms. The molecular formula is C6H10O. The number of allylic oxidation sites excluding steroid dienone is 3. The molecule has 0 aliphatic rings. The van der Waals surface area contributed by atoms with Crippen molar-refractivity contribution in [2.75, 3.05) is 6.61 Å². The highest BCUT2D eigenvalue weighted by Gasteiger charge is 1.58. The second kappa shape index (κ2) is 5.44. The summed E-state index contributed by atoms with van der Waals surface area (Å²) in [5.74, 6) is 0. The van der Waals surface area contributed by atoms with E-state index in [1.807, 2.05) is 19.1 Å². The molecule has 0 saturated carbocycles. The maximum absolute atomic E-state index is 8.17. The molecule has 1 heteroatoms. The summed E-state index contributed by atoms with van der Waals surface area (Å²) in [5, 5.41) is 8.17. The molecule has 0 amide bonds. The third-order valence-electron chi connectivity index (χ3n) is 0.545. The zero-order valence-electron chi connectivity index (χ0n) is 4.46. The van der Waals surface area contributed by atoms with Crippen molar-refractivity contribution in [3.8, 4) is 0 Å². The van der Waals surface area contributed by atoms with Gasteiger partial charge < -0.3 is 5.11 Å². The van der Waals surface area contributed by atoms with Gasteiger partial charge in [-0.3, -0.25) is 0 Å². The zero-order valence-corrected chi connectivity index (χ0v) is 4.46. The molecule has 0 aromatic heterocycles. The van der Waals surface area contributed by atoms with E-state index >= 15 is 0 Å².